The largest absolute Gasteiger partial charge is 0.274 e. The van der Waals surface area contributed by atoms with Crippen molar-refractivity contribution in [1.82, 2.24) is 8.61 Å². The van der Waals surface area contributed by atoms with Gasteiger partial charge in [0.1, 0.15) is 0 Å². The Hall–Kier alpha value is -3.72. The topological polar surface area (TPSA) is 150 Å². The van der Waals surface area contributed by atoms with Gasteiger partial charge in [0.05, 0.1) is 44.8 Å². The van der Waals surface area contributed by atoms with Gasteiger partial charge in [0.15, 0.2) is 0 Å². The molecule has 2 aromatic carbocycles. The van der Waals surface area contributed by atoms with E-state index in [2.05, 4.69) is 0 Å². The summed E-state index contributed by atoms with van der Waals surface area (Å²) >= 11 is 0. The molecule has 244 valence electrons. The fourth-order valence-electron chi connectivity index (χ4n) is 7.73. The molecule has 7 rings (SSSR count). The van der Waals surface area contributed by atoms with Crippen LogP contribution < -0.4 is 9.80 Å². The summed E-state index contributed by atoms with van der Waals surface area (Å²) in [6.45, 7) is 7.89. The lowest BCUT2D eigenvalue weighted by molar-refractivity contribution is -0.137. The number of anilines is 2. The summed E-state index contributed by atoms with van der Waals surface area (Å²) in [7, 11) is -7.73. The average molecular weight is 669 g/mol. The molecule has 0 aromatic heterocycles. The maximum Gasteiger partial charge on any atom is 0.243 e. The molecule has 12 nitrogen and oxygen atoms in total. The second-order valence-corrected chi connectivity index (χ2v) is 15.7. The molecule has 0 spiro atoms. The Morgan fingerprint density at radius 1 is 0.543 bits per heavy atom. The second-order valence-electron chi connectivity index (χ2n) is 11.8. The summed E-state index contributed by atoms with van der Waals surface area (Å²) in [5.41, 5.74) is 0.236. The summed E-state index contributed by atoms with van der Waals surface area (Å²) in [5, 5.41) is 0. The van der Waals surface area contributed by atoms with Gasteiger partial charge < -0.3 is 0 Å². The van der Waals surface area contributed by atoms with Gasteiger partial charge >= 0.3 is 0 Å². The molecular weight excluding hydrogens is 633 g/mol. The molecule has 3 aliphatic carbocycles. The molecule has 5 aliphatic rings. The highest BCUT2D eigenvalue weighted by atomic mass is 32.2. The number of carbonyl (C=O) groups is 4. The Morgan fingerprint density at radius 3 is 1.13 bits per heavy atom. The van der Waals surface area contributed by atoms with Crippen molar-refractivity contribution in [2.24, 2.45) is 35.5 Å². The number of amides is 4. The zero-order valence-electron chi connectivity index (χ0n) is 25.9. The van der Waals surface area contributed by atoms with E-state index >= 15 is 0 Å². The monoisotopic (exact) mass is 668 g/mol. The van der Waals surface area contributed by atoms with Gasteiger partial charge in [-0.2, -0.15) is 8.61 Å². The number of sulfonamides is 2. The van der Waals surface area contributed by atoms with Crippen LogP contribution in [0.3, 0.4) is 0 Å². The summed E-state index contributed by atoms with van der Waals surface area (Å²) < 4.78 is 55.3. The third-order valence-electron chi connectivity index (χ3n) is 9.85. The number of allylic oxidation sites excluding steroid dienone is 2. The van der Waals surface area contributed by atoms with E-state index in [0.717, 1.165) is 9.80 Å². The number of benzene rings is 2. The van der Waals surface area contributed by atoms with Crippen molar-refractivity contribution >= 4 is 55.1 Å². The maximum absolute atomic E-state index is 14.0. The number of hydrogen-bond acceptors (Lipinski definition) is 8. The highest BCUT2D eigenvalue weighted by Crippen LogP contribution is 2.58. The summed E-state index contributed by atoms with van der Waals surface area (Å²) in [6, 6.07) is 11.4. The van der Waals surface area contributed by atoms with Crippen LogP contribution in [0.5, 0.6) is 0 Å². The highest BCUT2D eigenvalue weighted by molar-refractivity contribution is 7.89. The minimum Gasteiger partial charge on any atom is -0.274 e. The number of carbonyl (C=O) groups excluding carboxylic acids is 4. The van der Waals surface area contributed by atoms with Crippen LogP contribution in [0.1, 0.15) is 27.7 Å². The van der Waals surface area contributed by atoms with E-state index in [9.17, 15) is 36.0 Å². The fourth-order valence-corrected chi connectivity index (χ4v) is 10.7. The number of rotatable bonds is 10. The lowest BCUT2D eigenvalue weighted by Gasteiger charge is -2.44. The predicted molar refractivity (Wildman–Crippen MR) is 168 cm³/mol. The molecular formula is C32H36N4O8S2. The molecule has 2 aliphatic heterocycles. The first-order chi connectivity index (χ1) is 21.8. The van der Waals surface area contributed by atoms with E-state index in [0.29, 0.717) is 0 Å². The first kappa shape index (κ1) is 32.2. The molecule has 0 N–H and O–H groups in total. The summed E-state index contributed by atoms with van der Waals surface area (Å²) in [6.07, 6.45) is 3.47. The third kappa shape index (κ3) is 4.52. The Labute approximate surface area is 268 Å². The van der Waals surface area contributed by atoms with E-state index in [1.807, 2.05) is 0 Å². The maximum atomic E-state index is 14.0. The van der Waals surface area contributed by atoms with Crippen molar-refractivity contribution in [2.75, 3.05) is 36.0 Å². The Morgan fingerprint density at radius 2 is 0.848 bits per heavy atom. The van der Waals surface area contributed by atoms with E-state index in [4.69, 9.17) is 0 Å². The molecule has 0 unspecified atom stereocenters. The third-order valence-corrected chi connectivity index (χ3v) is 13.9. The van der Waals surface area contributed by atoms with Crippen LogP contribution in [0.4, 0.5) is 11.4 Å². The van der Waals surface area contributed by atoms with Crippen LogP contribution in [-0.4, -0.2) is 75.3 Å². The van der Waals surface area contributed by atoms with Crippen LogP contribution >= 0.6 is 0 Å². The van der Waals surface area contributed by atoms with E-state index < -0.39 is 79.2 Å². The fraction of sp³-hybridized carbons (Fsp3) is 0.438. The molecule has 1 saturated carbocycles. The van der Waals surface area contributed by atoms with Gasteiger partial charge in [0.2, 0.25) is 43.7 Å². The van der Waals surface area contributed by atoms with Gasteiger partial charge in [-0.3, -0.25) is 19.2 Å². The number of nitrogens with zero attached hydrogens (tertiary/aromatic N) is 4. The van der Waals surface area contributed by atoms with E-state index in [1.54, 1.807) is 39.8 Å². The van der Waals surface area contributed by atoms with Crippen molar-refractivity contribution in [3.8, 4) is 0 Å². The lowest BCUT2D eigenvalue weighted by Crippen LogP contribution is -2.50. The SMILES string of the molecule is CCN(CC)S(=O)(=O)c1cccc(N2C(=O)[C@@H]3C4C=CC([C@@H]3C2=O)[C@@H]2C(=O)N(c3cccc(S(=O)(=O)N(CC)CC)c3)C(=O)[C@H]42)c1. The van der Waals surface area contributed by atoms with Gasteiger partial charge in [-0.05, 0) is 36.4 Å². The van der Waals surface area contributed by atoms with Gasteiger partial charge in [-0.25, -0.2) is 26.6 Å². The molecule has 4 amide bonds. The molecule has 2 aromatic rings. The standard InChI is InChI=1S/C32H36N4O8S2/c1-5-33(6-2)45(41,42)21-13-9-11-19(17-21)35-29(37)25-23-15-16-24(26(25)30(35)38)28-27(23)31(39)36(32(28)40)20-12-10-14-22(18-20)46(43,44)34(7-3)8-4/h9-18,23-28H,5-8H2,1-4H3/t23?,24?,25-,26+,27-,28+. The molecule has 4 atom stereocenters. The molecule has 0 radical (unpaired) electrons. The molecule has 2 saturated heterocycles. The smallest absolute Gasteiger partial charge is 0.243 e. The second kappa shape index (κ2) is 11.5. The number of imide groups is 2. The van der Waals surface area contributed by atoms with E-state index in [-0.39, 0.29) is 47.3 Å². The Kier molecular flexibility index (Phi) is 8.06. The zero-order chi connectivity index (χ0) is 33.3. The summed E-state index contributed by atoms with van der Waals surface area (Å²) in [4.78, 5) is 57.8. The molecule has 46 heavy (non-hydrogen) atoms. The molecule has 14 heteroatoms. The normalized spacial score (nSPS) is 27.3. The van der Waals surface area contributed by atoms with Gasteiger partial charge in [-0.1, -0.05) is 52.0 Å². The molecule has 2 bridgehead atoms. The minimum atomic E-state index is -3.87. The van der Waals surface area contributed by atoms with E-state index in [1.165, 1.54) is 57.1 Å². The predicted octanol–water partition coefficient (Wildman–Crippen LogP) is 2.47. The average Bonchev–Trinajstić information content (AvgIpc) is 3.48. The van der Waals surface area contributed by atoms with Crippen LogP contribution in [0.15, 0.2) is 70.5 Å². The molecule has 2 heterocycles. The lowest BCUT2D eigenvalue weighted by atomic mass is 9.54. The first-order valence-electron chi connectivity index (χ1n) is 15.5. The van der Waals surface area contributed by atoms with Gasteiger partial charge in [0, 0.05) is 38.0 Å². The Bertz CT molecular complexity index is 1700. The van der Waals surface area contributed by atoms with Crippen molar-refractivity contribution in [3.05, 3.63) is 60.7 Å². The van der Waals surface area contributed by atoms with Crippen LogP contribution in [-0.2, 0) is 39.2 Å². The van der Waals surface area contributed by atoms with Gasteiger partial charge in [-0.15, -0.1) is 0 Å². The van der Waals surface area contributed by atoms with Crippen LogP contribution in [0.2, 0.25) is 0 Å². The van der Waals surface area contributed by atoms with Gasteiger partial charge in [0.25, 0.3) is 0 Å². The first-order valence-corrected chi connectivity index (χ1v) is 18.4. The number of hydrogen-bond donors (Lipinski definition) is 0. The molecule has 3 fully saturated rings. The van der Waals surface area contributed by atoms with Crippen molar-refractivity contribution in [3.63, 3.8) is 0 Å². The van der Waals surface area contributed by atoms with Crippen molar-refractivity contribution in [2.45, 2.75) is 37.5 Å². The van der Waals surface area contributed by atoms with Crippen LogP contribution in [0.25, 0.3) is 0 Å². The zero-order valence-corrected chi connectivity index (χ0v) is 27.6. The summed E-state index contributed by atoms with van der Waals surface area (Å²) in [5.74, 6) is -7.28. The van der Waals surface area contributed by atoms with Crippen molar-refractivity contribution in [1.29, 1.82) is 0 Å². The highest BCUT2D eigenvalue weighted by Gasteiger charge is 2.69. The quantitative estimate of drug-likeness (QED) is 0.277. The van der Waals surface area contributed by atoms with Crippen molar-refractivity contribution < 1.29 is 36.0 Å². The Balaban J connectivity index is 1.33. The minimum absolute atomic E-state index is 0.0478. The van der Waals surface area contributed by atoms with Crippen LogP contribution in [0, 0.1) is 35.5 Å².